The highest BCUT2D eigenvalue weighted by Crippen LogP contribution is 2.14. The van der Waals surface area contributed by atoms with E-state index in [4.69, 9.17) is 5.21 Å². The third-order valence-electron chi connectivity index (χ3n) is 2.33. The van der Waals surface area contributed by atoms with Gasteiger partial charge in [-0.2, -0.15) is 0 Å². The first-order chi connectivity index (χ1) is 6.15. The average molecular weight is 182 g/mol. The fourth-order valence-electron chi connectivity index (χ4n) is 1.63. The molecule has 0 spiro atoms. The van der Waals surface area contributed by atoms with Gasteiger partial charge in [-0.15, -0.1) is 0 Å². The van der Waals surface area contributed by atoms with Crippen LogP contribution < -0.4 is 0 Å². The van der Waals surface area contributed by atoms with Crippen molar-refractivity contribution in [2.45, 2.75) is 20.3 Å². The van der Waals surface area contributed by atoms with Gasteiger partial charge in [0, 0.05) is 13.1 Å². The van der Waals surface area contributed by atoms with Crippen LogP contribution >= 0.6 is 0 Å². The number of nitrogens with zero attached hydrogens (tertiary/aromatic N) is 2. The monoisotopic (exact) mass is 182 g/mol. The molecular weight excluding hydrogens is 164 g/mol. The summed E-state index contributed by atoms with van der Waals surface area (Å²) in [5.74, 6) is 0.294. The molecular formula is C10H18N2O. The van der Waals surface area contributed by atoms with Gasteiger partial charge in [0.05, 0.1) is 5.71 Å². The second kappa shape index (κ2) is 4.42. The molecule has 13 heavy (non-hydrogen) atoms. The second-order valence-corrected chi connectivity index (χ2v) is 3.90. The molecule has 0 fully saturated rings. The first-order valence-electron chi connectivity index (χ1n) is 4.75. The van der Waals surface area contributed by atoms with E-state index in [1.807, 2.05) is 13.8 Å². The Labute approximate surface area is 79.7 Å². The zero-order valence-electron chi connectivity index (χ0n) is 8.62. The summed E-state index contributed by atoms with van der Waals surface area (Å²) in [4.78, 5) is 2.24. The number of hydrogen-bond donors (Lipinski definition) is 1. The molecule has 0 saturated heterocycles. The van der Waals surface area contributed by atoms with Crippen molar-refractivity contribution >= 4 is 5.71 Å². The number of rotatable bonds is 2. The molecule has 0 saturated carbocycles. The van der Waals surface area contributed by atoms with Crippen LogP contribution in [-0.4, -0.2) is 36.0 Å². The van der Waals surface area contributed by atoms with Crippen LogP contribution in [0.15, 0.2) is 16.8 Å². The van der Waals surface area contributed by atoms with Crippen molar-refractivity contribution in [3.63, 3.8) is 0 Å². The Morgan fingerprint density at radius 2 is 2.31 bits per heavy atom. The van der Waals surface area contributed by atoms with Gasteiger partial charge < -0.3 is 10.1 Å². The maximum absolute atomic E-state index is 8.86. The van der Waals surface area contributed by atoms with Crippen LogP contribution in [0.4, 0.5) is 0 Å². The Morgan fingerprint density at radius 3 is 2.77 bits per heavy atom. The van der Waals surface area contributed by atoms with Crippen molar-refractivity contribution < 1.29 is 5.21 Å². The summed E-state index contributed by atoms with van der Waals surface area (Å²) in [6.45, 7) is 6.09. The first-order valence-corrected chi connectivity index (χ1v) is 4.75. The Kier molecular flexibility index (Phi) is 3.48. The average Bonchev–Trinajstić information content (AvgIpc) is 2.04. The molecule has 0 radical (unpaired) electrons. The molecule has 0 aromatic carbocycles. The van der Waals surface area contributed by atoms with E-state index in [2.05, 4.69) is 23.2 Å². The molecule has 0 aromatic rings. The topological polar surface area (TPSA) is 35.8 Å². The van der Waals surface area contributed by atoms with Crippen LogP contribution in [0.2, 0.25) is 0 Å². The van der Waals surface area contributed by atoms with Crippen molar-refractivity contribution in [3.8, 4) is 0 Å². The van der Waals surface area contributed by atoms with E-state index in [0.29, 0.717) is 5.92 Å². The third kappa shape index (κ3) is 2.56. The van der Waals surface area contributed by atoms with Crippen molar-refractivity contribution in [2.24, 2.45) is 11.1 Å². The van der Waals surface area contributed by atoms with Gasteiger partial charge in [0.25, 0.3) is 0 Å². The van der Waals surface area contributed by atoms with E-state index in [1.54, 1.807) is 0 Å². The number of likely N-dealkylation sites (N-methyl/N-ethyl adjacent to an activating group) is 1. The smallest absolute Gasteiger partial charge is 0.0862 e. The summed E-state index contributed by atoms with van der Waals surface area (Å²) < 4.78 is 0. The number of oxime groups is 1. The number of hydrogen-bond acceptors (Lipinski definition) is 3. The minimum absolute atomic E-state index is 0.294. The van der Waals surface area contributed by atoms with Crippen LogP contribution in [0.3, 0.4) is 0 Å². The summed E-state index contributed by atoms with van der Waals surface area (Å²) in [6.07, 6.45) is 3.23. The predicted octanol–water partition coefficient (Wildman–Crippen LogP) is 1.73. The summed E-state index contributed by atoms with van der Waals surface area (Å²) in [6, 6.07) is 0. The van der Waals surface area contributed by atoms with Crippen molar-refractivity contribution in [3.05, 3.63) is 11.6 Å². The van der Waals surface area contributed by atoms with Gasteiger partial charge in [0.15, 0.2) is 0 Å². The Balaban J connectivity index is 2.75. The van der Waals surface area contributed by atoms with E-state index in [0.717, 1.165) is 25.2 Å². The SMILES string of the molecule is CC(C)C(=NO)C1=CCCN(C)C1. The molecule has 0 bridgehead atoms. The van der Waals surface area contributed by atoms with Gasteiger partial charge >= 0.3 is 0 Å². The van der Waals surface area contributed by atoms with E-state index < -0.39 is 0 Å². The molecule has 3 heteroatoms. The molecule has 0 aliphatic carbocycles. The molecule has 1 N–H and O–H groups in total. The molecule has 1 heterocycles. The lowest BCUT2D eigenvalue weighted by Crippen LogP contribution is -2.30. The zero-order valence-corrected chi connectivity index (χ0v) is 8.62. The van der Waals surface area contributed by atoms with Gasteiger partial charge in [-0.3, -0.25) is 0 Å². The van der Waals surface area contributed by atoms with Crippen LogP contribution in [-0.2, 0) is 0 Å². The zero-order chi connectivity index (χ0) is 9.84. The summed E-state index contributed by atoms with van der Waals surface area (Å²) in [5, 5.41) is 12.2. The lowest BCUT2D eigenvalue weighted by atomic mass is 9.97. The fourth-order valence-corrected chi connectivity index (χ4v) is 1.63. The standard InChI is InChI=1S/C10H18N2O/c1-8(2)10(11-13)9-5-4-6-12(3)7-9/h5,8,13H,4,6-7H2,1-3H3. The van der Waals surface area contributed by atoms with Crippen molar-refractivity contribution in [2.75, 3.05) is 20.1 Å². The lowest BCUT2D eigenvalue weighted by Gasteiger charge is -2.24. The molecule has 1 rings (SSSR count). The normalized spacial score (nSPS) is 20.6. The quantitative estimate of drug-likeness (QED) is 0.401. The van der Waals surface area contributed by atoms with Gasteiger partial charge in [-0.1, -0.05) is 25.1 Å². The Hall–Kier alpha value is -0.830. The summed E-state index contributed by atoms with van der Waals surface area (Å²) in [5.41, 5.74) is 2.00. The fraction of sp³-hybridized carbons (Fsp3) is 0.700. The second-order valence-electron chi connectivity index (χ2n) is 3.90. The molecule has 1 aliphatic rings. The van der Waals surface area contributed by atoms with Gasteiger partial charge in [-0.05, 0) is 25.0 Å². The minimum Gasteiger partial charge on any atom is -0.411 e. The minimum atomic E-state index is 0.294. The maximum Gasteiger partial charge on any atom is 0.0862 e. The molecule has 74 valence electrons. The van der Waals surface area contributed by atoms with Crippen LogP contribution in [0.5, 0.6) is 0 Å². The van der Waals surface area contributed by atoms with Crippen molar-refractivity contribution in [1.29, 1.82) is 0 Å². The van der Waals surface area contributed by atoms with Gasteiger partial charge in [0.2, 0.25) is 0 Å². The molecule has 0 amide bonds. The molecule has 0 unspecified atom stereocenters. The Bertz CT molecular complexity index is 231. The Morgan fingerprint density at radius 1 is 1.62 bits per heavy atom. The third-order valence-corrected chi connectivity index (χ3v) is 2.33. The highest BCUT2D eigenvalue weighted by Gasteiger charge is 2.16. The maximum atomic E-state index is 8.86. The van der Waals surface area contributed by atoms with Gasteiger partial charge in [0.1, 0.15) is 0 Å². The lowest BCUT2D eigenvalue weighted by molar-refractivity contribution is 0.313. The highest BCUT2D eigenvalue weighted by atomic mass is 16.4. The summed E-state index contributed by atoms with van der Waals surface area (Å²) >= 11 is 0. The predicted molar refractivity (Wildman–Crippen MR) is 54.3 cm³/mol. The largest absolute Gasteiger partial charge is 0.411 e. The summed E-state index contributed by atoms with van der Waals surface area (Å²) in [7, 11) is 2.09. The first kappa shape index (κ1) is 10.3. The van der Waals surface area contributed by atoms with Crippen LogP contribution in [0.25, 0.3) is 0 Å². The molecule has 0 atom stereocenters. The molecule has 0 aromatic heterocycles. The van der Waals surface area contributed by atoms with E-state index >= 15 is 0 Å². The van der Waals surface area contributed by atoms with Crippen LogP contribution in [0, 0.1) is 5.92 Å². The van der Waals surface area contributed by atoms with E-state index in [9.17, 15) is 0 Å². The molecule has 1 aliphatic heterocycles. The van der Waals surface area contributed by atoms with Crippen molar-refractivity contribution in [1.82, 2.24) is 4.90 Å². The van der Waals surface area contributed by atoms with E-state index in [1.165, 1.54) is 5.57 Å². The van der Waals surface area contributed by atoms with Crippen LogP contribution in [0.1, 0.15) is 20.3 Å². The van der Waals surface area contributed by atoms with Gasteiger partial charge in [-0.25, -0.2) is 0 Å². The highest BCUT2D eigenvalue weighted by molar-refractivity contribution is 6.01. The molecule has 3 nitrogen and oxygen atoms in total. The van der Waals surface area contributed by atoms with E-state index in [-0.39, 0.29) is 0 Å².